The van der Waals surface area contributed by atoms with Crippen LogP contribution in [-0.4, -0.2) is 45.0 Å². The predicted octanol–water partition coefficient (Wildman–Crippen LogP) is 3.51. The summed E-state index contributed by atoms with van der Waals surface area (Å²) in [5, 5.41) is 0. The number of nitrogens with zero attached hydrogens (tertiary/aromatic N) is 2. The number of benzene rings is 2. The third kappa shape index (κ3) is 4.44. The maximum atomic E-state index is 13.0. The molecule has 1 amide bonds. The Bertz CT molecular complexity index is 1070. The third-order valence-corrected chi connectivity index (χ3v) is 5.36. The molecule has 2 aromatic carbocycles. The number of fused-ring (bicyclic) bond motifs is 1. The maximum Gasteiger partial charge on any atom is 0.283 e. The summed E-state index contributed by atoms with van der Waals surface area (Å²) in [6.07, 6.45) is 0. The van der Waals surface area contributed by atoms with Gasteiger partial charge in [0.2, 0.25) is 0 Å². The van der Waals surface area contributed by atoms with Gasteiger partial charge in [-0.25, -0.2) is 0 Å². The van der Waals surface area contributed by atoms with Crippen LogP contribution in [0.2, 0.25) is 0 Å². The first-order chi connectivity index (χ1) is 14.1. The average Bonchev–Trinajstić information content (AvgIpc) is 3.07. The summed E-state index contributed by atoms with van der Waals surface area (Å²) in [5.74, 6) is 1.24. The van der Waals surface area contributed by atoms with E-state index in [2.05, 4.69) is 4.99 Å². The van der Waals surface area contributed by atoms with Crippen LogP contribution in [0.25, 0.3) is 10.2 Å². The zero-order valence-corrected chi connectivity index (χ0v) is 17.7. The normalized spacial score (nSPS) is 11.7. The number of para-hydroxylation sites is 1. The molecule has 0 N–H and O–H groups in total. The second-order valence-corrected chi connectivity index (χ2v) is 7.06. The lowest BCUT2D eigenvalue weighted by Gasteiger charge is -2.10. The molecule has 0 atom stereocenters. The van der Waals surface area contributed by atoms with Gasteiger partial charge in [-0.15, -0.1) is 0 Å². The molecular weight excluding hydrogens is 392 g/mol. The van der Waals surface area contributed by atoms with Gasteiger partial charge in [-0.1, -0.05) is 17.4 Å². The number of aromatic nitrogens is 1. The number of thiazole rings is 1. The van der Waals surface area contributed by atoms with E-state index in [1.807, 2.05) is 29.7 Å². The molecule has 0 bridgehead atoms. The lowest BCUT2D eigenvalue weighted by Crippen LogP contribution is -2.19. The van der Waals surface area contributed by atoms with Gasteiger partial charge in [0.15, 0.2) is 16.3 Å². The van der Waals surface area contributed by atoms with Crippen LogP contribution in [0.3, 0.4) is 0 Å². The van der Waals surface area contributed by atoms with Gasteiger partial charge in [-0.2, -0.15) is 4.99 Å². The Labute approximate surface area is 173 Å². The highest BCUT2D eigenvalue weighted by Gasteiger charge is 2.17. The smallest absolute Gasteiger partial charge is 0.283 e. The lowest BCUT2D eigenvalue weighted by molar-refractivity contribution is 0.0993. The van der Waals surface area contributed by atoms with Crippen molar-refractivity contribution in [2.24, 2.45) is 4.99 Å². The minimum Gasteiger partial charge on any atom is -0.494 e. The van der Waals surface area contributed by atoms with Crippen molar-refractivity contribution in [3.63, 3.8) is 0 Å². The lowest BCUT2D eigenvalue weighted by atomic mass is 10.2. The number of carbonyl (C=O) groups excluding carboxylic acids is 1. The highest BCUT2D eigenvalue weighted by atomic mass is 32.1. The molecule has 0 saturated heterocycles. The SMILES string of the molecule is CCOc1ccc2c(c1)sc(=NC(=O)c1cccc(OC)c1OC)n2CCOC. The average molecular weight is 416 g/mol. The molecule has 8 heteroatoms. The number of methoxy groups -OCH3 is 3. The third-order valence-electron chi connectivity index (χ3n) is 4.31. The molecule has 0 spiro atoms. The number of rotatable bonds is 8. The van der Waals surface area contributed by atoms with Crippen molar-refractivity contribution >= 4 is 27.5 Å². The first-order valence-electron chi connectivity index (χ1n) is 9.18. The molecular formula is C21H24N2O5S. The number of carbonyl (C=O) groups is 1. The molecule has 1 aromatic heterocycles. The fourth-order valence-corrected chi connectivity index (χ4v) is 4.08. The summed E-state index contributed by atoms with van der Waals surface area (Å²) in [4.78, 5) is 17.9. The van der Waals surface area contributed by atoms with Gasteiger partial charge in [0, 0.05) is 13.7 Å². The summed E-state index contributed by atoms with van der Waals surface area (Å²) < 4.78 is 24.5. The van der Waals surface area contributed by atoms with Gasteiger partial charge >= 0.3 is 0 Å². The van der Waals surface area contributed by atoms with E-state index in [9.17, 15) is 4.79 Å². The van der Waals surface area contributed by atoms with Crippen LogP contribution in [-0.2, 0) is 11.3 Å². The summed E-state index contributed by atoms with van der Waals surface area (Å²) in [6, 6.07) is 11.0. The van der Waals surface area contributed by atoms with Gasteiger partial charge in [-0.05, 0) is 37.3 Å². The molecule has 0 saturated carbocycles. The number of hydrogen-bond donors (Lipinski definition) is 0. The molecule has 0 radical (unpaired) electrons. The van der Waals surface area contributed by atoms with Crippen molar-refractivity contribution < 1.29 is 23.7 Å². The highest BCUT2D eigenvalue weighted by molar-refractivity contribution is 7.16. The van der Waals surface area contributed by atoms with Gasteiger partial charge < -0.3 is 23.5 Å². The molecule has 7 nitrogen and oxygen atoms in total. The summed E-state index contributed by atoms with van der Waals surface area (Å²) in [5.41, 5.74) is 1.32. The zero-order chi connectivity index (χ0) is 20.8. The van der Waals surface area contributed by atoms with Crippen LogP contribution < -0.4 is 19.0 Å². The minimum atomic E-state index is -0.400. The standard InChI is InChI=1S/C21H24N2O5S/c1-5-28-14-9-10-16-18(13-14)29-21(23(16)11-12-25-2)22-20(24)15-7-6-8-17(26-3)19(15)27-4/h6-10,13H,5,11-12H2,1-4H3. The maximum absolute atomic E-state index is 13.0. The van der Waals surface area contributed by atoms with E-state index < -0.39 is 5.91 Å². The van der Waals surface area contributed by atoms with Gasteiger partial charge in [0.25, 0.3) is 5.91 Å². The fourth-order valence-electron chi connectivity index (χ4n) is 3.00. The molecule has 29 heavy (non-hydrogen) atoms. The van der Waals surface area contributed by atoms with E-state index >= 15 is 0 Å². The fraction of sp³-hybridized carbons (Fsp3) is 0.333. The van der Waals surface area contributed by atoms with Crippen molar-refractivity contribution in [1.82, 2.24) is 4.57 Å². The van der Waals surface area contributed by atoms with Crippen molar-refractivity contribution in [1.29, 1.82) is 0 Å². The van der Waals surface area contributed by atoms with Gasteiger partial charge in [-0.3, -0.25) is 4.79 Å². The van der Waals surface area contributed by atoms with Crippen LogP contribution >= 0.6 is 11.3 Å². The largest absolute Gasteiger partial charge is 0.494 e. The zero-order valence-electron chi connectivity index (χ0n) is 16.9. The van der Waals surface area contributed by atoms with Crippen LogP contribution in [0.1, 0.15) is 17.3 Å². The molecule has 3 rings (SSSR count). The Morgan fingerprint density at radius 3 is 2.66 bits per heavy atom. The van der Waals surface area contributed by atoms with Gasteiger partial charge in [0.05, 0.1) is 43.2 Å². The van der Waals surface area contributed by atoms with Crippen LogP contribution in [0.15, 0.2) is 41.4 Å². The molecule has 0 aliphatic rings. The van der Waals surface area contributed by atoms with Crippen LogP contribution in [0.5, 0.6) is 17.2 Å². The summed E-state index contributed by atoms with van der Waals surface area (Å²) >= 11 is 1.43. The Hall–Kier alpha value is -2.84. The Morgan fingerprint density at radius 2 is 1.97 bits per heavy atom. The number of amides is 1. The highest BCUT2D eigenvalue weighted by Crippen LogP contribution is 2.31. The Balaban J connectivity index is 2.12. The van der Waals surface area contributed by atoms with E-state index in [0.29, 0.717) is 41.6 Å². The van der Waals surface area contributed by atoms with E-state index in [0.717, 1.165) is 16.0 Å². The Morgan fingerprint density at radius 1 is 1.14 bits per heavy atom. The van der Waals surface area contributed by atoms with Crippen molar-refractivity contribution in [2.75, 3.05) is 34.5 Å². The molecule has 3 aromatic rings. The van der Waals surface area contributed by atoms with Crippen molar-refractivity contribution in [2.45, 2.75) is 13.5 Å². The predicted molar refractivity (Wildman–Crippen MR) is 112 cm³/mol. The molecule has 0 aliphatic heterocycles. The molecule has 0 aliphatic carbocycles. The van der Waals surface area contributed by atoms with Crippen LogP contribution in [0, 0.1) is 0 Å². The van der Waals surface area contributed by atoms with E-state index in [1.165, 1.54) is 25.6 Å². The molecule has 1 heterocycles. The molecule has 154 valence electrons. The van der Waals surface area contributed by atoms with E-state index in [-0.39, 0.29) is 0 Å². The summed E-state index contributed by atoms with van der Waals surface area (Å²) in [7, 11) is 4.68. The van der Waals surface area contributed by atoms with E-state index in [1.54, 1.807) is 25.3 Å². The minimum absolute atomic E-state index is 0.345. The summed E-state index contributed by atoms with van der Waals surface area (Å²) in [6.45, 7) is 3.61. The first kappa shape index (κ1) is 20.9. The number of ether oxygens (including phenoxy) is 4. The Kier molecular flexibility index (Phi) is 6.90. The second-order valence-electron chi connectivity index (χ2n) is 6.05. The van der Waals surface area contributed by atoms with Crippen molar-refractivity contribution in [3.8, 4) is 17.2 Å². The topological polar surface area (TPSA) is 71.3 Å². The van der Waals surface area contributed by atoms with Crippen molar-refractivity contribution in [3.05, 3.63) is 46.8 Å². The molecule has 0 fully saturated rings. The number of hydrogen-bond acceptors (Lipinski definition) is 6. The quantitative estimate of drug-likeness (QED) is 0.562. The monoisotopic (exact) mass is 416 g/mol. The first-order valence-corrected chi connectivity index (χ1v) is 9.99. The van der Waals surface area contributed by atoms with Crippen LogP contribution in [0.4, 0.5) is 0 Å². The second kappa shape index (κ2) is 9.58. The van der Waals surface area contributed by atoms with E-state index in [4.69, 9.17) is 18.9 Å². The molecule has 0 unspecified atom stereocenters. The van der Waals surface area contributed by atoms with Gasteiger partial charge in [0.1, 0.15) is 5.75 Å².